The summed E-state index contributed by atoms with van der Waals surface area (Å²) in [6.45, 7) is 3.42. The fourth-order valence-corrected chi connectivity index (χ4v) is 2.30. The van der Waals surface area contributed by atoms with Gasteiger partial charge in [0.25, 0.3) is 0 Å². The van der Waals surface area contributed by atoms with Crippen LogP contribution in [0.2, 0.25) is 0 Å². The number of carbonyl (C=O) groups excluding carboxylic acids is 1. The third-order valence-corrected chi connectivity index (χ3v) is 3.37. The molecule has 1 heterocycles. The Bertz CT molecular complexity index is 450. The van der Waals surface area contributed by atoms with E-state index in [0.717, 1.165) is 30.8 Å². The molecule has 2 atom stereocenters. The minimum absolute atomic E-state index is 0.0570. The molecule has 0 aromatic heterocycles. The average Bonchev–Trinajstić information content (AvgIpc) is 2.87. The van der Waals surface area contributed by atoms with E-state index in [-0.39, 0.29) is 18.2 Å². The van der Waals surface area contributed by atoms with E-state index in [1.807, 2.05) is 24.3 Å². The number of nitrogens with one attached hydrogen (secondary N) is 2. The third kappa shape index (κ3) is 3.63. The van der Waals surface area contributed by atoms with Gasteiger partial charge in [-0.2, -0.15) is 0 Å². The topological polar surface area (TPSA) is 59.6 Å². The number of rotatable bonds is 7. The molecule has 2 unspecified atom stereocenters. The minimum atomic E-state index is -0.177. The van der Waals surface area contributed by atoms with E-state index in [0.29, 0.717) is 6.54 Å². The molecule has 20 heavy (non-hydrogen) atoms. The summed E-state index contributed by atoms with van der Waals surface area (Å²) in [5, 5.41) is 5.61. The first-order valence-corrected chi connectivity index (χ1v) is 7.04. The zero-order chi connectivity index (χ0) is 14.4. The molecule has 0 saturated carbocycles. The van der Waals surface area contributed by atoms with Gasteiger partial charge in [0.1, 0.15) is 11.9 Å². The van der Waals surface area contributed by atoms with Crippen molar-refractivity contribution in [2.75, 3.05) is 20.3 Å². The summed E-state index contributed by atoms with van der Waals surface area (Å²) in [5.41, 5.74) is 1.01. The van der Waals surface area contributed by atoms with Crippen LogP contribution in [-0.2, 0) is 4.74 Å². The highest BCUT2D eigenvalue weighted by molar-refractivity contribution is 5.76. The van der Waals surface area contributed by atoms with Crippen molar-refractivity contribution >= 4 is 6.03 Å². The van der Waals surface area contributed by atoms with Gasteiger partial charge in [0.05, 0.1) is 12.6 Å². The molecule has 1 saturated heterocycles. The molecular formula is C15H22N2O3. The standard InChI is InChI=1S/C15H22N2O3/c1-3-4-8-20-12-7-5-6-11(9-12)14(19-2)13-10-16-15(18)17-13/h5-7,9,13-14H,3-4,8,10H2,1-2H3,(H2,16,17,18). The van der Waals surface area contributed by atoms with Crippen molar-refractivity contribution in [2.45, 2.75) is 31.9 Å². The summed E-state index contributed by atoms with van der Waals surface area (Å²) in [5.74, 6) is 0.843. The van der Waals surface area contributed by atoms with Gasteiger partial charge in [0.15, 0.2) is 0 Å². The van der Waals surface area contributed by atoms with Crippen LogP contribution < -0.4 is 15.4 Å². The fourth-order valence-electron chi connectivity index (χ4n) is 2.30. The van der Waals surface area contributed by atoms with Crippen LogP contribution >= 0.6 is 0 Å². The first-order valence-electron chi connectivity index (χ1n) is 7.04. The molecule has 2 N–H and O–H groups in total. The molecule has 0 aliphatic carbocycles. The van der Waals surface area contributed by atoms with Crippen LogP contribution in [0, 0.1) is 0 Å². The lowest BCUT2D eigenvalue weighted by Gasteiger charge is -2.22. The summed E-state index contributed by atoms with van der Waals surface area (Å²) in [6.07, 6.45) is 1.98. The molecule has 110 valence electrons. The number of hydrogen-bond donors (Lipinski definition) is 2. The van der Waals surface area contributed by atoms with Crippen molar-refractivity contribution < 1.29 is 14.3 Å². The van der Waals surface area contributed by atoms with Gasteiger partial charge < -0.3 is 20.1 Å². The first kappa shape index (κ1) is 14.7. The third-order valence-electron chi connectivity index (χ3n) is 3.37. The maximum atomic E-state index is 11.2. The maximum Gasteiger partial charge on any atom is 0.315 e. The normalized spacial score (nSPS) is 19.3. The Morgan fingerprint density at radius 3 is 2.95 bits per heavy atom. The van der Waals surface area contributed by atoms with Gasteiger partial charge in [-0.3, -0.25) is 0 Å². The van der Waals surface area contributed by atoms with Crippen LogP contribution in [0.3, 0.4) is 0 Å². The average molecular weight is 278 g/mol. The molecule has 1 fully saturated rings. The molecule has 1 aromatic rings. The molecular weight excluding hydrogens is 256 g/mol. The Hall–Kier alpha value is -1.75. The SMILES string of the molecule is CCCCOc1cccc(C(OC)C2CNC(=O)N2)c1. The molecule has 5 nitrogen and oxygen atoms in total. The van der Waals surface area contributed by atoms with Crippen LogP contribution in [0.1, 0.15) is 31.4 Å². The van der Waals surface area contributed by atoms with Crippen LogP contribution in [0.5, 0.6) is 5.75 Å². The monoisotopic (exact) mass is 278 g/mol. The molecule has 2 amide bonds. The summed E-state index contributed by atoms with van der Waals surface area (Å²) in [6, 6.07) is 7.66. The molecule has 5 heteroatoms. The van der Waals surface area contributed by atoms with Gasteiger partial charge in [-0.15, -0.1) is 0 Å². The number of ether oxygens (including phenoxy) is 2. The summed E-state index contributed by atoms with van der Waals surface area (Å²) in [7, 11) is 1.65. The lowest BCUT2D eigenvalue weighted by atomic mass is 10.0. The van der Waals surface area contributed by atoms with Crippen molar-refractivity contribution in [2.24, 2.45) is 0 Å². The van der Waals surface area contributed by atoms with E-state index >= 15 is 0 Å². The van der Waals surface area contributed by atoms with E-state index in [2.05, 4.69) is 17.6 Å². The smallest absolute Gasteiger partial charge is 0.315 e. The maximum absolute atomic E-state index is 11.2. The van der Waals surface area contributed by atoms with Crippen molar-refractivity contribution in [3.8, 4) is 5.75 Å². The van der Waals surface area contributed by atoms with Gasteiger partial charge in [0.2, 0.25) is 0 Å². The highest BCUT2D eigenvalue weighted by Crippen LogP contribution is 2.25. The molecule has 0 spiro atoms. The lowest BCUT2D eigenvalue weighted by molar-refractivity contribution is 0.0783. The van der Waals surface area contributed by atoms with Gasteiger partial charge in [0, 0.05) is 13.7 Å². The highest BCUT2D eigenvalue weighted by Gasteiger charge is 2.29. The van der Waals surface area contributed by atoms with E-state index in [4.69, 9.17) is 9.47 Å². The number of carbonyl (C=O) groups is 1. The van der Waals surface area contributed by atoms with E-state index in [1.54, 1.807) is 7.11 Å². The first-order chi connectivity index (χ1) is 9.74. The number of hydrogen-bond acceptors (Lipinski definition) is 3. The number of amides is 2. The minimum Gasteiger partial charge on any atom is -0.494 e. The second-order valence-electron chi connectivity index (χ2n) is 4.89. The van der Waals surface area contributed by atoms with Crippen LogP contribution in [-0.4, -0.2) is 32.3 Å². The van der Waals surface area contributed by atoms with Gasteiger partial charge in [-0.1, -0.05) is 25.5 Å². The highest BCUT2D eigenvalue weighted by atomic mass is 16.5. The van der Waals surface area contributed by atoms with Gasteiger partial charge >= 0.3 is 6.03 Å². The summed E-state index contributed by atoms with van der Waals surface area (Å²) in [4.78, 5) is 11.2. The fraction of sp³-hybridized carbons (Fsp3) is 0.533. The zero-order valence-corrected chi connectivity index (χ0v) is 12.0. The van der Waals surface area contributed by atoms with E-state index in [9.17, 15) is 4.79 Å². The quantitative estimate of drug-likeness (QED) is 0.752. The van der Waals surface area contributed by atoms with E-state index < -0.39 is 0 Å². The van der Waals surface area contributed by atoms with Crippen molar-refractivity contribution in [1.82, 2.24) is 10.6 Å². The number of benzene rings is 1. The van der Waals surface area contributed by atoms with Crippen LogP contribution in [0.25, 0.3) is 0 Å². The van der Waals surface area contributed by atoms with Gasteiger partial charge in [-0.05, 0) is 24.1 Å². The van der Waals surface area contributed by atoms with Crippen molar-refractivity contribution in [1.29, 1.82) is 0 Å². The largest absolute Gasteiger partial charge is 0.494 e. The summed E-state index contributed by atoms with van der Waals surface area (Å²) < 4.78 is 11.2. The Morgan fingerprint density at radius 1 is 1.45 bits per heavy atom. The van der Waals surface area contributed by atoms with Crippen molar-refractivity contribution in [3.05, 3.63) is 29.8 Å². The van der Waals surface area contributed by atoms with Gasteiger partial charge in [-0.25, -0.2) is 4.79 Å². The van der Waals surface area contributed by atoms with Crippen LogP contribution in [0.15, 0.2) is 24.3 Å². The Kier molecular flexibility index (Phi) is 5.24. The Labute approximate surface area is 119 Å². The number of urea groups is 1. The number of methoxy groups -OCH3 is 1. The predicted octanol–water partition coefficient (Wildman–Crippen LogP) is 2.23. The Balaban J connectivity index is 2.05. The van der Waals surface area contributed by atoms with Crippen LogP contribution in [0.4, 0.5) is 4.79 Å². The molecule has 1 aliphatic rings. The zero-order valence-electron chi connectivity index (χ0n) is 12.0. The molecule has 0 radical (unpaired) electrons. The molecule has 1 aromatic carbocycles. The Morgan fingerprint density at radius 2 is 2.30 bits per heavy atom. The second kappa shape index (κ2) is 7.14. The molecule has 1 aliphatic heterocycles. The molecule has 2 rings (SSSR count). The second-order valence-corrected chi connectivity index (χ2v) is 4.89. The number of unbranched alkanes of at least 4 members (excludes halogenated alkanes) is 1. The summed E-state index contributed by atoms with van der Waals surface area (Å²) >= 11 is 0. The lowest BCUT2D eigenvalue weighted by Crippen LogP contribution is -2.33. The molecule has 0 bridgehead atoms. The van der Waals surface area contributed by atoms with Crippen molar-refractivity contribution in [3.63, 3.8) is 0 Å². The van der Waals surface area contributed by atoms with E-state index in [1.165, 1.54) is 0 Å². The predicted molar refractivity (Wildman–Crippen MR) is 76.9 cm³/mol.